The van der Waals surface area contributed by atoms with Crippen molar-refractivity contribution in [1.29, 1.82) is 0 Å². The van der Waals surface area contributed by atoms with Gasteiger partial charge in [-0.25, -0.2) is 9.59 Å². The van der Waals surface area contributed by atoms with Gasteiger partial charge in [0.1, 0.15) is 0 Å². The fourth-order valence-electron chi connectivity index (χ4n) is 1.31. The number of ether oxygens (including phenoxy) is 1. The third kappa shape index (κ3) is 2.82. The Bertz CT molecular complexity index is 308. The van der Waals surface area contributed by atoms with Gasteiger partial charge < -0.3 is 4.74 Å². The van der Waals surface area contributed by atoms with E-state index in [9.17, 15) is 22.8 Å². The van der Waals surface area contributed by atoms with Crippen molar-refractivity contribution in [1.82, 2.24) is 0 Å². The zero-order chi connectivity index (χ0) is 13.0. The van der Waals surface area contributed by atoms with Crippen molar-refractivity contribution in [2.45, 2.75) is 32.0 Å². The summed E-state index contributed by atoms with van der Waals surface area (Å²) in [6.45, 7) is 2.95. The Kier molecular flexibility index (Phi) is 4.68. The van der Waals surface area contributed by atoms with Crippen molar-refractivity contribution >= 4 is 12.0 Å². The van der Waals surface area contributed by atoms with Crippen LogP contribution in [0.5, 0.6) is 0 Å². The summed E-state index contributed by atoms with van der Waals surface area (Å²) in [7, 11) is 0.809. The first-order chi connectivity index (χ1) is 7.21. The monoisotopic (exact) mass is 239 g/mol. The maximum atomic E-state index is 12.8. The molecule has 0 aliphatic heterocycles. The number of alkyl halides is 3. The fraction of sp³-hybridized carbons (Fsp3) is 0.778. The van der Waals surface area contributed by atoms with Crippen LogP contribution in [0.1, 0.15) is 20.3 Å². The summed E-state index contributed by atoms with van der Waals surface area (Å²) in [5.74, 6) is -2.09. The van der Waals surface area contributed by atoms with E-state index < -0.39 is 30.0 Å². The van der Waals surface area contributed by atoms with Crippen LogP contribution in [0, 0.1) is 5.92 Å². The van der Waals surface area contributed by atoms with E-state index in [1.165, 1.54) is 13.8 Å². The number of aliphatic imine (C=N–C) groups is 1. The topological polar surface area (TPSA) is 55.7 Å². The Hall–Kier alpha value is -1.36. The van der Waals surface area contributed by atoms with E-state index in [1.807, 2.05) is 0 Å². The second kappa shape index (κ2) is 5.12. The average Bonchev–Trinajstić information content (AvgIpc) is 2.13. The van der Waals surface area contributed by atoms with Crippen LogP contribution in [0.25, 0.3) is 0 Å². The first kappa shape index (κ1) is 14.6. The SMILES string of the molecule is COC(=O)C(CC(C)C)(N=C=O)C(F)(F)F. The summed E-state index contributed by atoms with van der Waals surface area (Å²) < 4.78 is 42.4. The molecule has 0 saturated heterocycles. The van der Waals surface area contributed by atoms with Crippen LogP contribution in [0.2, 0.25) is 0 Å². The van der Waals surface area contributed by atoms with Gasteiger partial charge in [0.15, 0.2) is 0 Å². The van der Waals surface area contributed by atoms with Crippen LogP contribution in [-0.2, 0) is 14.3 Å². The molecule has 1 atom stereocenters. The Morgan fingerprint density at radius 2 is 1.94 bits per heavy atom. The Balaban J connectivity index is 5.58. The zero-order valence-electron chi connectivity index (χ0n) is 9.09. The lowest BCUT2D eigenvalue weighted by Gasteiger charge is -2.29. The van der Waals surface area contributed by atoms with Crippen LogP contribution >= 0.6 is 0 Å². The highest BCUT2D eigenvalue weighted by atomic mass is 19.4. The molecule has 92 valence electrons. The minimum atomic E-state index is -4.98. The van der Waals surface area contributed by atoms with Gasteiger partial charge in [-0.05, 0) is 12.3 Å². The van der Waals surface area contributed by atoms with Gasteiger partial charge in [-0.3, -0.25) is 0 Å². The molecule has 0 N–H and O–H groups in total. The number of hydrogen-bond donors (Lipinski definition) is 0. The lowest BCUT2D eigenvalue weighted by molar-refractivity contribution is -0.206. The Morgan fingerprint density at radius 1 is 1.44 bits per heavy atom. The predicted octanol–water partition coefficient (Wildman–Crippen LogP) is 1.84. The highest BCUT2D eigenvalue weighted by Crippen LogP contribution is 2.39. The standard InChI is InChI=1S/C9H12F3NO3/c1-6(2)4-8(13-5-14,7(15)16-3)9(10,11)12/h6H,4H2,1-3H3. The van der Waals surface area contributed by atoms with E-state index in [-0.39, 0.29) is 0 Å². The third-order valence-electron chi connectivity index (χ3n) is 1.93. The molecule has 0 rings (SSSR count). The van der Waals surface area contributed by atoms with Crippen molar-refractivity contribution in [3.05, 3.63) is 0 Å². The van der Waals surface area contributed by atoms with Gasteiger partial charge in [0, 0.05) is 0 Å². The molecule has 0 amide bonds. The van der Waals surface area contributed by atoms with Crippen LogP contribution in [-0.4, -0.2) is 30.9 Å². The van der Waals surface area contributed by atoms with E-state index in [2.05, 4.69) is 9.73 Å². The maximum absolute atomic E-state index is 12.8. The minimum absolute atomic E-state index is 0.488. The lowest BCUT2D eigenvalue weighted by Crippen LogP contribution is -2.52. The van der Waals surface area contributed by atoms with Gasteiger partial charge in [-0.2, -0.15) is 18.2 Å². The molecule has 0 fully saturated rings. The van der Waals surface area contributed by atoms with Gasteiger partial charge in [-0.1, -0.05) is 13.8 Å². The normalized spacial score (nSPS) is 15.2. The molecule has 7 heteroatoms. The molecule has 0 aromatic heterocycles. The van der Waals surface area contributed by atoms with E-state index in [0.717, 1.165) is 13.2 Å². The van der Waals surface area contributed by atoms with Crippen molar-refractivity contribution in [2.24, 2.45) is 10.9 Å². The van der Waals surface area contributed by atoms with Gasteiger partial charge in [0.05, 0.1) is 7.11 Å². The highest BCUT2D eigenvalue weighted by Gasteiger charge is 2.62. The van der Waals surface area contributed by atoms with E-state index >= 15 is 0 Å². The Labute approximate surface area is 90.5 Å². The third-order valence-corrected chi connectivity index (χ3v) is 1.93. The van der Waals surface area contributed by atoms with Crippen molar-refractivity contribution < 1.29 is 27.5 Å². The zero-order valence-corrected chi connectivity index (χ0v) is 9.09. The Morgan fingerprint density at radius 3 is 2.19 bits per heavy atom. The number of isocyanates is 1. The quantitative estimate of drug-likeness (QED) is 0.427. The van der Waals surface area contributed by atoms with Crippen molar-refractivity contribution in [3.8, 4) is 0 Å². The molecule has 0 bridgehead atoms. The number of halogens is 3. The van der Waals surface area contributed by atoms with Gasteiger partial charge >= 0.3 is 12.1 Å². The van der Waals surface area contributed by atoms with E-state index in [4.69, 9.17) is 0 Å². The molecule has 1 unspecified atom stereocenters. The summed E-state index contributed by atoms with van der Waals surface area (Å²) >= 11 is 0. The number of methoxy groups -OCH3 is 1. The number of esters is 1. The van der Waals surface area contributed by atoms with Crippen molar-refractivity contribution in [2.75, 3.05) is 7.11 Å². The van der Waals surface area contributed by atoms with Crippen molar-refractivity contribution in [3.63, 3.8) is 0 Å². The second-order valence-corrected chi connectivity index (χ2v) is 3.65. The first-order valence-electron chi connectivity index (χ1n) is 4.45. The van der Waals surface area contributed by atoms with E-state index in [1.54, 1.807) is 0 Å². The molecule has 0 saturated carbocycles. The molecular formula is C9H12F3NO3. The van der Waals surface area contributed by atoms with Crippen LogP contribution in [0.15, 0.2) is 4.99 Å². The molecule has 0 aliphatic rings. The summed E-state index contributed by atoms with van der Waals surface area (Å²) in [4.78, 5) is 23.9. The minimum Gasteiger partial charge on any atom is -0.467 e. The highest BCUT2D eigenvalue weighted by molar-refractivity contribution is 5.83. The average molecular weight is 239 g/mol. The summed E-state index contributed by atoms with van der Waals surface area (Å²) in [5, 5.41) is 0. The maximum Gasteiger partial charge on any atom is 0.425 e. The lowest BCUT2D eigenvalue weighted by atomic mass is 9.89. The number of rotatable bonds is 4. The molecule has 0 aliphatic carbocycles. The molecule has 0 aromatic rings. The molecule has 4 nitrogen and oxygen atoms in total. The second-order valence-electron chi connectivity index (χ2n) is 3.65. The number of carbonyl (C=O) groups is 1. The fourth-order valence-corrected chi connectivity index (χ4v) is 1.31. The van der Waals surface area contributed by atoms with Gasteiger partial charge in [-0.15, -0.1) is 0 Å². The van der Waals surface area contributed by atoms with Crippen LogP contribution < -0.4 is 0 Å². The van der Waals surface area contributed by atoms with Crippen LogP contribution in [0.3, 0.4) is 0 Å². The van der Waals surface area contributed by atoms with Gasteiger partial charge in [0.25, 0.3) is 5.54 Å². The molecule has 0 heterocycles. The number of nitrogens with zero attached hydrogens (tertiary/aromatic N) is 1. The molecule has 0 aromatic carbocycles. The summed E-state index contributed by atoms with van der Waals surface area (Å²) in [6.07, 6.45) is -4.85. The molecular weight excluding hydrogens is 227 g/mol. The summed E-state index contributed by atoms with van der Waals surface area (Å²) in [5.41, 5.74) is -3.14. The largest absolute Gasteiger partial charge is 0.467 e. The number of hydrogen-bond acceptors (Lipinski definition) is 4. The molecule has 0 radical (unpaired) electrons. The molecule has 0 spiro atoms. The van der Waals surface area contributed by atoms with Gasteiger partial charge in [0.2, 0.25) is 6.08 Å². The molecule has 16 heavy (non-hydrogen) atoms. The summed E-state index contributed by atoms with van der Waals surface area (Å²) in [6, 6.07) is 0. The van der Waals surface area contributed by atoms with E-state index in [0.29, 0.717) is 0 Å². The predicted molar refractivity (Wildman–Crippen MR) is 48.4 cm³/mol. The smallest absolute Gasteiger partial charge is 0.425 e. The first-order valence-corrected chi connectivity index (χ1v) is 4.45. The number of carbonyl (C=O) groups excluding carboxylic acids is 2. The van der Waals surface area contributed by atoms with Crippen LogP contribution in [0.4, 0.5) is 13.2 Å².